The van der Waals surface area contributed by atoms with Gasteiger partial charge in [0.1, 0.15) is 11.3 Å². The number of benzene rings is 2. The van der Waals surface area contributed by atoms with Gasteiger partial charge in [0.05, 0.1) is 10.9 Å². The number of hydrogen-bond donors (Lipinski definition) is 0. The smallest absolute Gasteiger partial charge is 0.416 e. The van der Waals surface area contributed by atoms with Crippen molar-refractivity contribution in [1.82, 2.24) is 0 Å². The average molecular weight is 304 g/mol. The molecule has 1 aromatic heterocycles. The third-order valence-corrected chi connectivity index (χ3v) is 3.38. The van der Waals surface area contributed by atoms with Gasteiger partial charge in [-0.2, -0.15) is 13.2 Å². The molecule has 112 valence electrons. The molecule has 0 radical (unpaired) electrons. The van der Waals surface area contributed by atoms with Crippen molar-refractivity contribution in [3.63, 3.8) is 0 Å². The van der Waals surface area contributed by atoms with E-state index in [0.717, 1.165) is 17.7 Å². The number of halogens is 3. The van der Waals surface area contributed by atoms with Gasteiger partial charge in [-0.1, -0.05) is 23.8 Å². The maximum Gasteiger partial charge on any atom is 0.416 e. The molecule has 1 heterocycles. The van der Waals surface area contributed by atoms with Crippen LogP contribution < -0.4 is 5.43 Å². The standard InChI is InChI=1S/C17H11F3O2/c1-10-2-7-15-13(8-10)14(21)9-16(22-15)11-3-5-12(6-4-11)17(18,19)20/h2-9H,1H3. The minimum atomic E-state index is -4.39. The zero-order chi connectivity index (χ0) is 15.9. The molecule has 5 heteroatoms. The van der Waals surface area contributed by atoms with E-state index in [9.17, 15) is 18.0 Å². The van der Waals surface area contributed by atoms with E-state index in [-0.39, 0.29) is 11.2 Å². The van der Waals surface area contributed by atoms with Gasteiger partial charge in [0, 0.05) is 11.6 Å². The van der Waals surface area contributed by atoms with Crippen molar-refractivity contribution in [2.75, 3.05) is 0 Å². The molecule has 0 unspecified atom stereocenters. The van der Waals surface area contributed by atoms with Crippen molar-refractivity contribution in [3.8, 4) is 11.3 Å². The first-order chi connectivity index (χ1) is 10.3. The Kier molecular flexibility index (Phi) is 3.28. The van der Waals surface area contributed by atoms with Crippen molar-refractivity contribution in [2.45, 2.75) is 13.1 Å². The first-order valence-corrected chi connectivity index (χ1v) is 6.57. The molecule has 2 aromatic carbocycles. The van der Waals surface area contributed by atoms with E-state index in [2.05, 4.69) is 0 Å². The fraction of sp³-hybridized carbons (Fsp3) is 0.118. The zero-order valence-electron chi connectivity index (χ0n) is 11.6. The largest absolute Gasteiger partial charge is 0.456 e. The number of fused-ring (bicyclic) bond motifs is 1. The van der Waals surface area contributed by atoms with Crippen LogP contribution in [0.5, 0.6) is 0 Å². The minimum absolute atomic E-state index is 0.222. The fourth-order valence-electron chi connectivity index (χ4n) is 2.24. The average Bonchev–Trinajstić information content (AvgIpc) is 2.47. The van der Waals surface area contributed by atoms with Crippen LogP contribution >= 0.6 is 0 Å². The molecule has 0 N–H and O–H groups in total. The summed E-state index contributed by atoms with van der Waals surface area (Å²) in [5.74, 6) is 0.245. The molecule has 0 spiro atoms. The van der Waals surface area contributed by atoms with Crippen LogP contribution in [0.25, 0.3) is 22.3 Å². The van der Waals surface area contributed by atoms with Crippen molar-refractivity contribution in [1.29, 1.82) is 0 Å². The lowest BCUT2D eigenvalue weighted by Crippen LogP contribution is -2.04. The summed E-state index contributed by atoms with van der Waals surface area (Å²) in [5.41, 5.74) is 0.803. The summed E-state index contributed by atoms with van der Waals surface area (Å²) in [4.78, 5) is 12.1. The molecular formula is C17H11F3O2. The molecule has 3 rings (SSSR count). The summed E-state index contributed by atoms with van der Waals surface area (Å²) < 4.78 is 43.3. The fourth-order valence-corrected chi connectivity index (χ4v) is 2.24. The summed E-state index contributed by atoms with van der Waals surface area (Å²) in [6, 6.07) is 11.0. The van der Waals surface area contributed by atoms with Crippen LogP contribution in [0.4, 0.5) is 13.2 Å². The van der Waals surface area contributed by atoms with Crippen LogP contribution in [0.15, 0.2) is 57.7 Å². The highest BCUT2D eigenvalue weighted by molar-refractivity contribution is 5.79. The highest BCUT2D eigenvalue weighted by Crippen LogP contribution is 2.31. The Hall–Kier alpha value is -2.56. The number of hydrogen-bond acceptors (Lipinski definition) is 2. The SMILES string of the molecule is Cc1ccc2oc(-c3ccc(C(F)(F)F)cc3)cc(=O)c2c1. The normalized spacial score (nSPS) is 11.8. The number of alkyl halides is 3. The lowest BCUT2D eigenvalue weighted by molar-refractivity contribution is -0.137. The van der Waals surface area contributed by atoms with Crippen molar-refractivity contribution in [2.24, 2.45) is 0 Å². The molecule has 0 atom stereocenters. The lowest BCUT2D eigenvalue weighted by Gasteiger charge is -2.08. The van der Waals surface area contributed by atoms with E-state index < -0.39 is 11.7 Å². The van der Waals surface area contributed by atoms with Gasteiger partial charge in [-0.15, -0.1) is 0 Å². The Morgan fingerprint density at radius 2 is 1.64 bits per heavy atom. The third-order valence-electron chi connectivity index (χ3n) is 3.38. The molecule has 0 amide bonds. The summed E-state index contributed by atoms with van der Waals surface area (Å²) in [5, 5.41) is 0.454. The molecule has 2 nitrogen and oxygen atoms in total. The van der Waals surface area contributed by atoms with Gasteiger partial charge >= 0.3 is 6.18 Å². The second-order valence-electron chi connectivity index (χ2n) is 5.05. The predicted octanol–water partition coefficient (Wildman–Crippen LogP) is 4.79. The van der Waals surface area contributed by atoms with Crippen LogP contribution in [0, 0.1) is 6.92 Å². The third kappa shape index (κ3) is 2.62. The topological polar surface area (TPSA) is 30.2 Å². The van der Waals surface area contributed by atoms with Gasteiger partial charge in [-0.05, 0) is 31.2 Å². The van der Waals surface area contributed by atoms with E-state index >= 15 is 0 Å². The Balaban J connectivity index is 2.11. The van der Waals surface area contributed by atoms with Gasteiger partial charge < -0.3 is 4.42 Å². The lowest BCUT2D eigenvalue weighted by atomic mass is 10.1. The molecular weight excluding hydrogens is 293 g/mol. The van der Waals surface area contributed by atoms with E-state index in [4.69, 9.17) is 4.42 Å². The van der Waals surface area contributed by atoms with Gasteiger partial charge in [0.15, 0.2) is 5.43 Å². The van der Waals surface area contributed by atoms with Crippen LogP contribution in [0.1, 0.15) is 11.1 Å². The summed E-state index contributed by atoms with van der Waals surface area (Å²) in [6.45, 7) is 1.86. The Labute approximate surface area is 123 Å². The molecule has 0 aliphatic carbocycles. The maximum atomic E-state index is 12.6. The Morgan fingerprint density at radius 1 is 0.955 bits per heavy atom. The number of aryl methyl sites for hydroxylation is 1. The summed E-state index contributed by atoms with van der Waals surface area (Å²) >= 11 is 0. The quantitative estimate of drug-likeness (QED) is 0.647. The van der Waals surface area contributed by atoms with Crippen molar-refractivity contribution in [3.05, 3.63) is 69.9 Å². The minimum Gasteiger partial charge on any atom is -0.456 e. The molecule has 0 fully saturated rings. The molecule has 3 aromatic rings. The van der Waals surface area contributed by atoms with Crippen LogP contribution in [-0.4, -0.2) is 0 Å². The first-order valence-electron chi connectivity index (χ1n) is 6.57. The summed E-state index contributed by atoms with van der Waals surface area (Å²) in [7, 11) is 0. The molecule has 0 bridgehead atoms. The van der Waals surface area contributed by atoms with E-state index in [1.165, 1.54) is 18.2 Å². The van der Waals surface area contributed by atoms with E-state index in [0.29, 0.717) is 16.5 Å². The van der Waals surface area contributed by atoms with Gasteiger partial charge in [-0.25, -0.2) is 0 Å². The molecule has 0 aliphatic heterocycles. The van der Waals surface area contributed by atoms with Crippen molar-refractivity contribution < 1.29 is 17.6 Å². The van der Waals surface area contributed by atoms with E-state index in [1.54, 1.807) is 12.1 Å². The zero-order valence-corrected chi connectivity index (χ0v) is 11.6. The predicted molar refractivity (Wildman–Crippen MR) is 77.7 cm³/mol. The Morgan fingerprint density at radius 3 is 2.27 bits per heavy atom. The maximum absolute atomic E-state index is 12.6. The first kappa shape index (κ1) is 14.4. The van der Waals surface area contributed by atoms with Crippen LogP contribution in [0.2, 0.25) is 0 Å². The molecule has 0 aliphatic rings. The molecule has 0 saturated heterocycles. The van der Waals surface area contributed by atoms with Gasteiger partial charge in [-0.3, -0.25) is 4.79 Å². The Bertz CT molecular complexity index is 890. The monoisotopic (exact) mass is 304 g/mol. The van der Waals surface area contributed by atoms with Gasteiger partial charge in [0.25, 0.3) is 0 Å². The van der Waals surface area contributed by atoms with Crippen LogP contribution in [-0.2, 0) is 6.18 Å². The molecule has 22 heavy (non-hydrogen) atoms. The highest BCUT2D eigenvalue weighted by atomic mass is 19.4. The molecule has 0 saturated carbocycles. The number of rotatable bonds is 1. The van der Waals surface area contributed by atoms with E-state index in [1.807, 2.05) is 13.0 Å². The van der Waals surface area contributed by atoms with Gasteiger partial charge in [0.2, 0.25) is 0 Å². The second kappa shape index (κ2) is 5.02. The van der Waals surface area contributed by atoms with Crippen molar-refractivity contribution >= 4 is 11.0 Å². The highest BCUT2D eigenvalue weighted by Gasteiger charge is 2.30. The second-order valence-corrected chi connectivity index (χ2v) is 5.05. The van der Waals surface area contributed by atoms with Crippen LogP contribution in [0.3, 0.4) is 0 Å². The summed E-state index contributed by atoms with van der Waals surface area (Å²) in [6.07, 6.45) is -4.39.